The molecule has 0 saturated carbocycles. The molecule has 48 valence electrons. The van der Waals surface area contributed by atoms with E-state index in [2.05, 4.69) is 36.5 Å². The van der Waals surface area contributed by atoms with Gasteiger partial charge in [-0.25, -0.2) is 0 Å². The van der Waals surface area contributed by atoms with E-state index in [0.29, 0.717) is 0 Å². The van der Waals surface area contributed by atoms with Crippen molar-refractivity contribution < 1.29 is 5.32 Å². The molecule has 0 heterocycles. The Morgan fingerprint density at radius 3 is 2.11 bits per heavy atom. The fourth-order valence-corrected chi connectivity index (χ4v) is 0.759. The summed E-state index contributed by atoms with van der Waals surface area (Å²) in [4.78, 5) is 0. The van der Waals surface area contributed by atoms with Gasteiger partial charge >= 0.3 is 0 Å². The van der Waals surface area contributed by atoms with Crippen LogP contribution in [-0.4, -0.2) is 7.05 Å². The molecule has 9 heavy (non-hydrogen) atoms. The van der Waals surface area contributed by atoms with E-state index in [1.165, 1.54) is 11.3 Å². The van der Waals surface area contributed by atoms with E-state index in [1.54, 1.807) is 0 Å². The first-order valence-electron chi connectivity index (χ1n) is 3.19. The quantitative estimate of drug-likeness (QED) is 0.531. The molecule has 1 rings (SSSR count). The van der Waals surface area contributed by atoms with E-state index in [1.807, 2.05) is 7.05 Å². The van der Waals surface area contributed by atoms with E-state index >= 15 is 0 Å². The molecule has 0 bridgehead atoms. The predicted molar refractivity (Wildman–Crippen MR) is 38.7 cm³/mol. The van der Waals surface area contributed by atoms with E-state index < -0.39 is 0 Å². The number of hydrogen-bond donors (Lipinski definition) is 1. The minimum Gasteiger partial charge on any atom is -0.316 e. The maximum absolute atomic E-state index is 2.12. The van der Waals surface area contributed by atoms with Crippen LogP contribution in [0, 0.1) is 6.92 Å². The van der Waals surface area contributed by atoms with Crippen LogP contribution >= 0.6 is 0 Å². The van der Waals surface area contributed by atoms with Gasteiger partial charge in [0.1, 0.15) is 5.69 Å². The molecule has 0 aliphatic heterocycles. The van der Waals surface area contributed by atoms with Crippen LogP contribution in [0.1, 0.15) is 5.56 Å². The van der Waals surface area contributed by atoms with Crippen LogP contribution in [0.25, 0.3) is 0 Å². The zero-order valence-corrected chi connectivity index (χ0v) is 5.89. The molecule has 0 radical (unpaired) electrons. The molecule has 0 aliphatic rings. The summed E-state index contributed by atoms with van der Waals surface area (Å²) < 4.78 is 0. The number of benzene rings is 1. The number of aryl methyl sites for hydroxylation is 1. The molecule has 0 atom stereocenters. The molecule has 0 aliphatic carbocycles. The highest BCUT2D eigenvalue weighted by atomic mass is 14.8. The standard InChI is InChI=1S/C8H11N/c1-7-3-5-8(9-2)6-4-7/h3-6,9H,1-2H3/p+1. The van der Waals surface area contributed by atoms with Gasteiger partial charge in [-0.1, -0.05) is 17.7 Å². The number of hydrogen-bond acceptors (Lipinski definition) is 0. The van der Waals surface area contributed by atoms with Gasteiger partial charge in [-0.3, -0.25) is 0 Å². The number of quaternary nitrogens is 1. The third kappa shape index (κ3) is 1.54. The van der Waals surface area contributed by atoms with Crippen molar-refractivity contribution in [2.24, 2.45) is 0 Å². The van der Waals surface area contributed by atoms with Gasteiger partial charge < -0.3 is 5.32 Å². The molecule has 1 heteroatoms. The zero-order valence-electron chi connectivity index (χ0n) is 5.89. The van der Waals surface area contributed by atoms with Gasteiger partial charge in [0.15, 0.2) is 0 Å². The van der Waals surface area contributed by atoms with Gasteiger partial charge in [0.2, 0.25) is 0 Å². The summed E-state index contributed by atoms with van der Waals surface area (Å²) >= 11 is 0. The van der Waals surface area contributed by atoms with Crippen LogP contribution in [0.3, 0.4) is 0 Å². The normalized spacial score (nSPS) is 9.56. The maximum atomic E-state index is 2.12. The lowest BCUT2D eigenvalue weighted by Crippen LogP contribution is -2.72. The molecule has 0 fully saturated rings. The second-order valence-corrected chi connectivity index (χ2v) is 2.20. The Balaban J connectivity index is 2.88. The lowest BCUT2D eigenvalue weighted by atomic mass is 10.2. The summed E-state index contributed by atoms with van der Waals surface area (Å²) in [7, 11) is 2.05. The molecule has 2 N–H and O–H groups in total. The fourth-order valence-electron chi connectivity index (χ4n) is 0.759. The first-order chi connectivity index (χ1) is 4.33. The van der Waals surface area contributed by atoms with E-state index in [-0.39, 0.29) is 0 Å². The highest BCUT2D eigenvalue weighted by Gasteiger charge is 1.87. The molecule has 0 aromatic heterocycles. The Morgan fingerprint density at radius 2 is 1.67 bits per heavy atom. The van der Waals surface area contributed by atoms with Crippen LogP contribution in [0.5, 0.6) is 0 Å². The summed E-state index contributed by atoms with van der Waals surface area (Å²) in [5, 5.41) is 2.10. The van der Waals surface area contributed by atoms with Crippen LogP contribution in [-0.2, 0) is 0 Å². The van der Waals surface area contributed by atoms with Gasteiger partial charge in [-0.15, -0.1) is 0 Å². The average Bonchev–Trinajstić information content (AvgIpc) is 1.90. The van der Waals surface area contributed by atoms with Crippen LogP contribution in [0.2, 0.25) is 0 Å². The van der Waals surface area contributed by atoms with E-state index in [0.717, 1.165) is 0 Å². The molecule has 1 aromatic carbocycles. The smallest absolute Gasteiger partial charge is 0.129 e. The third-order valence-corrected chi connectivity index (χ3v) is 1.41. The molecular formula is C8H12N+. The number of rotatable bonds is 1. The maximum Gasteiger partial charge on any atom is 0.129 e. The van der Waals surface area contributed by atoms with Gasteiger partial charge in [0, 0.05) is 0 Å². The molecule has 1 nitrogen and oxygen atoms in total. The van der Waals surface area contributed by atoms with Crippen molar-refractivity contribution in [3.63, 3.8) is 0 Å². The molecule has 0 spiro atoms. The van der Waals surface area contributed by atoms with E-state index in [9.17, 15) is 0 Å². The van der Waals surface area contributed by atoms with Crippen molar-refractivity contribution in [3.8, 4) is 0 Å². The van der Waals surface area contributed by atoms with Crippen LogP contribution in [0.15, 0.2) is 24.3 Å². The van der Waals surface area contributed by atoms with Crippen LogP contribution in [0.4, 0.5) is 5.69 Å². The van der Waals surface area contributed by atoms with Crippen molar-refractivity contribution in [3.05, 3.63) is 29.8 Å². The Hall–Kier alpha value is -0.820. The molecule has 0 unspecified atom stereocenters. The Morgan fingerprint density at radius 1 is 1.11 bits per heavy atom. The van der Waals surface area contributed by atoms with Gasteiger partial charge in [-0.05, 0) is 19.1 Å². The van der Waals surface area contributed by atoms with Gasteiger partial charge in [0.25, 0.3) is 0 Å². The Labute approximate surface area is 55.7 Å². The summed E-state index contributed by atoms with van der Waals surface area (Å²) in [5.41, 5.74) is 2.61. The second-order valence-electron chi connectivity index (χ2n) is 2.20. The minimum atomic E-state index is 1.29. The first-order valence-corrected chi connectivity index (χ1v) is 3.19. The van der Waals surface area contributed by atoms with Crippen molar-refractivity contribution in [1.29, 1.82) is 0 Å². The Bertz CT molecular complexity index is 176. The first kappa shape index (κ1) is 6.30. The summed E-state index contributed by atoms with van der Waals surface area (Å²) in [6.07, 6.45) is 0. The topological polar surface area (TPSA) is 16.6 Å². The highest BCUT2D eigenvalue weighted by molar-refractivity contribution is 5.30. The molecule has 0 amide bonds. The average molecular weight is 122 g/mol. The lowest BCUT2D eigenvalue weighted by Gasteiger charge is -1.92. The van der Waals surface area contributed by atoms with Crippen molar-refractivity contribution >= 4 is 5.69 Å². The third-order valence-electron chi connectivity index (χ3n) is 1.41. The lowest BCUT2D eigenvalue weighted by molar-refractivity contribution is -0.539. The molecule has 1 aromatic rings. The van der Waals surface area contributed by atoms with Crippen molar-refractivity contribution in [2.45, 2.75) is 6.92 Å². The van der Waals surface area contributed by atoms with Crippen molar-refractivity contribution in [2.75, 3.05) is 7.05 Å². The zero-order chi connectivity index (χ0) is 6.69. The molecule has 0 saturated heterocycles. The highest BCUT2D eigenvalue weighted by Crippen LogP contribution is 2.01. The SMILES string of the molecule is C[NH2+]c1ccc(C)cc1. The predicted octanol–water partition coefficient (Wildman–Crippen LogP) is 0.820. The van der Waals surface area contributed by atoms with Gasteiger partial charge in [-0.2, -0.15) is 0 Å². The summed E-state index contributed by atoms with van der Waals surface area (Å²) in [6.45, 7) is 2.10. The Kier molecular flexibility index (Phi) is 1.85. The minimum absolute atomic E-state index is 1.29. The van der Waals surface area contributed by atoms with Crippen molar-refractivity contribution in [1.82, 2.24) is 0 Å². The fraction of sp³-hybridized carbons (Fsp3) is 0.250. The summed E-state index contributed by atoms with van der Waals surface area (Å²) in [6, 6.07) is 8.48. The molecular weight excluding hydrogens is 110 g/mol. The number of nitrogens with two attached hydrogens (primary N) is 1. The monoisotopic (exact) mass is 122 g/mol. The van der Waals surface area contributed by atoms with E-state index in [4.69, 9.17) is 0 Å². The second kappa shape index (κ2) is 2.65. The summed E-state index contributed by atoms with van der Waals surface area (Å²) in [5.74, 6) is 0. The van der Waals surface area contributed by atoms with Gasteiger partial charge in [0.05, 0.1) is 7.05 Å². The largest absolute Gasteiger partial charge is 0.316 e. The van der Waals surface area contributed by atoms with Crippen LogP contribution < -0.4 is 5.32 Å².